The minimum atomic E-state index is -0.265. The fraction of sp³-hybridized carbons (Fsp3) is 0.409. The molecule has 0 unspecified atom stereocenters. The summed E-state index contributed by atoms with van der Waals surface area (Å²) < 4.78 is 10.7. The first kappa shape index (κ1) is 20.6. The van der Waals surface area contributed by atoms with Crippen molar-refractivity contribution in [2.75, 3.05) is 26.1 Å². The average Bonchev–Trinajstić information content (AvgIpc) is 2.66. The normalized spacial score (nSPS) is 11.2. The molecule has 5 nitrogen and oxygen atoms in total. The number of anilines is 1. The summed E-state index contributed by atoms with van der Waals surface area (Å²) in [5.41, 5.74) is 2.82. The van der Waals surface area contributed by atoms with Gasteiger partial charge in [0.25, 0.3) is 0 Å². The highest BCUT2D eigenvalue weighted by Crippen LogP contribution is 2.32. The number of hydrogen-bond donors (Lipinski definition) is 2. The molecule has 27 heavy (non-hydrogen) atoms. The van der Waals surface area contributed by atoms with Crippen LogP contribution in [0.1, 0.15) is 44.7 Å². The molecule has 0 heterocycles. The van der Waals surface area contributed by atoms with Gasteiger partial charge in [-0.1, -0.05) is 45.9 Å². The molecule has 0 atom stereocenters. The van der Waals surface area contributed by atoms with Gasteiger partial charge in [0.2, 0.25) is 0 Å². The second-order valence-electron chi connectivity index (χ2n) is 7.54. The van der Waals surface area contributed by atoms with Crippen molar-refractivity contribution in [2.45, 2.75) is 39.0 Å². The molecule has 2 aromatic carbocycles. The van der Waals surface area contributed by atoms with E-state index in [-0.39, 0.29) is 11.4 Å². The van der Waals surface area contributed by atoms with Gasteiger partial charge in [0.15, 0.2) is 11.5 Å². The van der Waals surface area contributed by atoms with Gasteiger partial charge in [-0.05, 0) is 41.3 Å². The average molecular weight is 370 g/mol. The van der Waals surface area contributed by atoms with Crippen LogP contribution in [0.15, 0.2) is 42.5 Å². The number of ether oxygens (including phenoxy) is 2. The maximum atomic E-state index is 12.3. The maximum absolute atomic E-state index is 12.3. The SMILES string of the molecule is COc1ccc(C(C)(C)CNC(=O)Nc2ccc(C(C)C)cc2)cc1OC. The van der Waals surface area contributed by atoms with Crippen molar-refractivity contribution in [3.05, 3.63) is 53.6 Å². The Bertz CT molecular complexity index is 768. The van der Waals surface area contributed by atoms with Crippen LogP contribution in [0.2, 0.25) is 0 Å². The first-order chi connectivity index (χ1) is 12.8. The van der Waals surface area contributed by atoms with Gasteiger partial charge >= 0.3 is 6.03 Å². The molecule has 0 spiro atoms. The number of carbonyl (C=O) groups is 1. The molecule has 0 fully saturated rings. The number of urea groups is 1. The van der Waals surface area contributed by atoms with Crippen molar-refractivity contribution in [3.63, 3.8) is 0 Å². The zero-order chi connectivity index (χ0) is 20.0. The van der Waals surface area contributed by atoms with Gasteiger partial charge in [0.05, 0.1) is 14.2 Å². The standard InChI is InChI=1S/C22H30N2O3/c1-15(2)16-7-10-18(11-8-16)24-21(25)23-14-22(3,4)17-9-12-19(26-5)20(13-17)27-6/h7-13,15H,14H2,1-6H3,(H2,23,24,25). The lowest BCUT2D eigenvalue weighted by atomic mass is 9.84. The molecular formula is C22H30N2O3. The predicted molar refractivity (Wildman–Crippen MR) is 110 cm³/mol. The van der Waals surface area contributed by atoms with E-state index in [9.17, 15) is 4.79 Å². The van der Waals surface area contributed by atoms with Gasteiger partial charge in [0.1, 0.15) is 0 Å². The molecule has 0 aliphatic carbocycles. The lowest BCUT2D eigenvalue weighted by molar-refractivity contribution is 0.249. The number of amides is 2. The zero-order valence-electron chi connectivity index (χ0n) is 17.1. The number of carbonyl (C=O) groups excluding carboxylic acids is 1. The summed E-state index contributed by atoms with van der Waals surface area (Å²) in [4.78, 5) is 12.3. The third kappa shape index (κ3) is 5.39. The van der Waals surface area contributed by atoms with E-state index < -0.39 is 0 Å². The molecule has 0 aromatic heterocycles. The van der Waals surface area contributed by atoms with Crippen LogP contribution in [-0.4, -0.2) is 26.8 Å². The first-order valence-electron chi connectivity index (χ1n) is 9.14. The van der Waals surface area contributed by atoms with Gasteiger partial charge in [-0.25, -0.2) is 4.79 Å². The Hall–Kier alpha value is -2.69. The van der Waals surface area contributed by atoms with Crippen molar-refractivity contribution < 1.29 is 14.3 Å². The second kappa shape index (κ2) is 8.80. The highest BCUT2D eigenvalue weighted by molar-refractivity contribution is 5.89. The van der Waals surface area contributed by atoms with Crippen LogP contribution in [0.25, 0.3) is 0 Å². The van der Waals surface area contributed by atoms with Crippen molar-refractivity contribution in [1.29, 1.82) is 0 Å². The van der Waals surface area contributed by atoms with E-state index in [2.05, 4.69) is 38.3 Å². The monoisotopic (exact) mass is 370 g/mol. The topological polar surface area (TPSA) is 59.6 Å². The second-order valence-corrected chi connectivity index (χ2v) is 7.54. The van der Waals surface area contributed by atoms with Gasteiger partial charge in [-0.3, -0.25) is 0 Å². The molecule has 0 aliphatic heterocycles. The predicted octanol–water partition coefficient (Wildman–Crippen LogP) is 4.93. The van der Waals surface area contributed by atoms with Crippen LogP contribution in [0.4, 0.5) is 10.5 Å². The Morgan fingerprint density at radius 1 is 1.00 bits per heavy atom. The van der Waals surface area contributed by atoms with E-state index in [1.807, 2.05) is 42.5 Å². The van der Waals surface area contributed by atoms with Crippen LogP contribution in [-0.2, 0) is 5.41 Å². The van der Waals surface area contributed by atoms with Crippen molar-refractivity contribution in [2.24, 2.45) is 0 Å². The van der Waals surface area contributed by atoms with Gasteiger partial charge in [-0.2, -0.15) is 0 Å². The largest absolute Gasteiger partial charge is 0.493 e. The smallest absolute Gasteiger partial charge is 0.319 e. The van der Waals surface area contributed by atoms with E-state index in [0.29, 0.717) is 24.0 Å². The van der Waals surface area contributed by atoms with Crippen LogP contribution >= 0.6 is 0 Å². The molecular weight excluding hydrogens is 340 g/mol. The lowest BCUT2D eigenvalue weighted by Gasteiger charge is -2.26. The third-order valence-electron chi connectivity index (χ3n) is 4.69. The summed E-state index contributed by atoms with van der Waals surface area (Å²) in [5, 5.41) is 5.83. The summed E-state index contributed by atoms with van der Waals surface area (Å²) in [6.07, 6.45) is 0. The summed E-state index contributed by atoms with van der Waals surface area (Å²) >= 11 is 0. The Kier molecular flexibility index (Phi) is 6.72. The maximum Gasteiger partial charge on any atom is 0.319 e. The third-order valence-corrected chi connectivity index (χ3v) is 4.69. The molecule has 5 heteroatoms. The van der Waals surface area contributed by atoms with E-state index >= 15 is 0 Å². The first-order valence-corrected chi connectivity index (χ1v) is 9.14. The number of rotatable bonds is 7. The van der Waals surface area contributed by atoms with Gasteiger partial charge in [-0.15, -0.1) is 0 Å². The molecule has 0 saturated carbocycles. The Balaban J connectivity index is 1.98. The van der Waals surface area contributed by atoms with Crippen molar-refractivity contribution in [1.82, 2.24) is 5.32 Å². The Morgan fingerprint density at radius 3 is 2.19 bits per heavy atom. The molecule has 2 rings (SSSR count). The number of benzene rings is 2. The van der Waals surface area contributed by atoms with E-state index in [1.165, 1.54) is 5.56 Å². The lowest BCUT2D eigenvalue weighted by Crippen LogP contribution is -2.39. The molecule has 0 saturated heterocycles. The molecule has 2 aromatic rings. The molecule has 0 radical (unpaired) electrons. The fourth-order valence-electron chi connectivity index (χ4n) is 2.79. The van der Waals surface area contributed by atoms with Crippen LogP contribution in [0, 0.1) is 0 Å². The minimum Gasteiger partial charge on any atom is -0.493 e. The highest BCUT2D eigenvalue weighted by atomic mass is 16.5. The number of hydrogen-bond acceptors (Lipinski definition) is 3. The summed E-state index contributed by atoms with van der Waals surface area (Å²) in [6, 6.07) is 13.5. The van der Waals surface area contributed by atoms with Gasteiger partial charge in [0, 0.05) is 17.6 Å². The minimum absolute atomic E-state index is 0.221. The van der Waals surface area contributed by atoms with Crippen molar-refractivity contribution in [3.8, 4) is 11.5 Å². The molecule has 2 amide bonds. The van der Waals surface area contributed by atoms with Crippen LogP contribution < -0.4 is 20.1 Å². The van der Waals surface area contributed by atoms with E-state index in [0.717, 1.165) is 11.3 Å². The Labute approximate surface area is 162 Å². The highest BCUT2D eigenvalue weighted by Gasteiger charge is 2.23. The quantitative estimate of drug-likeness (QED) is 0.727. The van der Waals surface area contributed by atoms with Gasteiger partial charge < -0.3 is 20.1 Å². The summed E-state index contributed by atoms with van der Waals surface area (Å²) in [6.45, 7) is 8.92. The van der Waals surface area contributed by atoms with E-state index in [4.69, 9.17) is 9.47 Å². The van der Waals surface area contributed by atoms with Crippen molar-refractivity contribution >= 4 is 11.7 Å². The molecule has 0 bridgehead atoms. The Morgan fingerprint density at radius 2 is 1.63 bits per heavy atom. The van der Waals surface area contributed by atoms with E-state index in [1.54, 1.807) is 14.2 Å². The van der Waals surface area contributed by atoms with Crippen LogP contribution in [0.5, 0.6) is 11.5 Å². The number of methoxy groups -OCH3 is 2. The summed E-state index contributed by atoms with van der Waals surface area (Å²) in [7, 11) is 3.23. The zero-order valence-corrected chi connectivity index (χ0v) is 17.1. The van der Waals surface area contributed by atoms with Crippen LogP contribution in [0.3, 0.4) is 0 Å². The molecule has 2 N–H and O–H groups in total. The molecule has 146 valence electrons. The number of nitrogens with one attached hydrogen (secondary N) is 2. The fourth-order valence-corrected chi connectivity index (χ4v) is 2.79. The molecule has 0 aliphatic rings. The summed E-state index contributed by atoms with van der Waals surface area (Å²) in [5.74, 6) is 1.83.